The lowest BCUT2D eigenvalue weighted by Gasteiger charge is -2.15. The highest BCUT2D eigenvalue weighted by Crippen LogP contribution is 2.17. The first kappa shape index (κ1) is 15.5. The molecular formula is C18H22FNO. The molecule has 1 N–H and O–H groups in total. The molecule has 0 unspecified atom stereocenters. The van der Waals surface area contributed by atoms with E-state index >= 15 is 0 Å². The van der Waals surface area contributed by atoms with Crippen LogP contribution in [0.4, 0.5) is 4.39 Å². The van der Waals surface area contributed by atoms with Gasteiger partial charge in [-0.25, -0.2) is 4.39 Å². The van der Waals surface area contributed by atoms with E-state index in [1.807, 2.05) is 45.0 Å². The van der Waals surface area contributed by atoms with Crippen LogP contribution in [-0.4, -0.2) is 6.10 Å². The average molecular weight is 287 g/mol. The summed E-state index contributed by atoms with van der Waals surface area (Å²) in [6.07, 6.45) is 0.166. The number of ether oxygens (including phenoxy) is 1. The van der Waals surface area contributed by atoms with Crippen molar-refractivity contribution in [2.45, 2.75) is 39.5 Å². The third-order valence-electron chi connectivity index (χ3n) is 3.23. The zero-order valence-electron chi connectivity index (χ0n) is 12.8. The van der Waals surface area contributed by atoms with Crippen LogP contribution in [0.2, 0.25) is 0 Å². The van der Waals surface area contributed by atoms with Crippen molar-refractivity contribution in [2.75, 3.05) is 0 Å². The number of hydrogen-bond acceptors (Lipinski definition) is 2. The first-order chi connectivity index (χ1) is 10.0. The Morgan fingerprint density at radius 1 is 1.05 bits per heavy atom. The van der Waals surface area contributed by atoms with E-state index in [1.54, 1.807) is 12.1 Å². The number of rotatable bonds is 6. The maximum atomic E-state index is 13.2. The lowest BCUT2D eigenvalue weighted by molar-refractivity contribution is 0.242. The van der Waals surface area contributed by atoms with Gasteiger partial charge in [0, 0.05) is 12.6 Å². The fourth-order valence-corrected chi connectivity index (χ4v) is 2.17. The molecule has 0 saturated carbocycles. The van der Waals surface area contributed by atoms with Gasteiger partial charge in [0.2, 0.25) is 0 Å². The van der Waals surface area contributed by atoms with Crippen molar-refractivity contribution in [3.63, 3.8) is 0 Å². The molecule has 2 aromatic rings. The molecule has 3 heteroatoms. The SMILES string of the molecule is CC(C)Oc1cccc(CN[C@@H](C)c2cccc(F)c2)c1. The predicted molar refractivity (Wildman–Crippen MR) is 83.9 cm³/mol. The van der Waals surface area contributed by atoms with E-state index in [2.05, 4.69) is 11.4 Å². The molecule has 21 heavy (non-hydrogen) atoms. The molecule has 0 aliphatic heterocycles. The van der Waals surface area contributed by atoms with Crippen molar-refractivity contribution < 1.29 is 9.13 Å². The van der Waals surface area contributed by atoms with Gasteiger partial charge in [-0.05, 0) is 56.2 Å². The van der Waals surface area contributed by atoms with Gasteiger partial charge in [-0.15, -0.1) is 0 Å². The highest BCUT2D eigenvalue weighted by Gasteiger charge is 2.06. The Hall–Kier alpha value is -1.87. The molecule has 0 aromatic heterocycles. The molecule has 0 amide bonds. The Morgan fingerprint density at radius 3 is 2.52 bits per heavy atom. The highest BCUT2D eigenvalue weighted by atomic mass is 19.1. The summed E-state index contributed by atoms with van der Waals surface area (Å²) < 4.78 is 18.9. The van der Waals surface area contributed by atoms with Gasteiger partial charge in [0.05, 0.1) is 6.10 Å². The molecule has 0 fully saturated rings. The van der Waals surface area contributed by atoms with Gasteiger partial charge in [-0.3, -0.25) is 0 Å². The molecule has 0 saturated heterocycles. The van der Waals surface area contributed by atoms with Crippen LogP contribution in [0.3, 0.4) is 0 Å². The lowest BCUT2D eigenvalue weighted by atomic mass is 10.1. The van der Waals surface area contributed by atoms with Crippen LogP contribution in [0, 0.1) is 5.82 Å². The monoisotopic (exact) mass is 287 g/mol. The standard InChI is InChI=1S/C18H22FNO/c1-13(2)21-18-9-4-6-15(10-18)12-20-14(3)16-7-5-8-17(19)11-16/h4-11,13-14,20H,12H2,1-3H3/t14-/m0/s1. The normalized spacial score (nSPS) is 12.4. The number of benzene rings is 2. The van der Waals surface area contributed by atoms with Crippen LogP contribution in [0.1, 0.15) is 37.9 Å². The molecule has 1 atom stereocenters. The maximum Gasteiger partial charge on any atom is 0.123 e. The minimum atomic E-state index is -0.200. The van der Waals surface area contributed by atoms with Gasteiger partial charge in [-0.2, -0.15) is 0 Å². The summed E-state index contributed by atoms with van der Waals surface area (Å²) >= 11 is 0. The first-order valence-corrected chi connectivity index (χ1v) is 7.29. The van der Waals surface area contributed by atoms with Crippen LogP contribution in [0.15, 0.2) is 48.5 Å². The van der Waals surface area contributed by atoms with Gasteiger partial charge in [0.15, 0.2) is 0 Å². The Balaban J connectivity index is 1.96. The van der Waals surface area contributed by atoms with Crippen LogP contribution in [0.5, 0.6) is 5.75 Å². The van der Waals surface area contributed by atoms with Gasteiger partial charge < -0.3 is 10.1 Å². The lowest BCUT2D eigenvalue weighted by Crippen LogP contribution is -2.18. The van der Waals surface area contributed by atoms with E-state index in [-0.39, 0.29) is 18.0 Å². The third-order valence-corrected chi connectivity index (χ3v) is 3.23. The average Bonchev–Trinajstić information content (AvgIpc) is 2.44. The van der Waals surface area contributed by atoms with E-state index in [1.165, 1.54) is 6.07 Å². The van der Waals surface area contributed by atoms with Crippen molar-refractivity contribution >= 4 is 0 Å². The van der Waals surface area contributed by atoms with Gasteiger partial charge in [0.1, 0.15) is 11.6 Å². The second kappa shape index (κ2) is 7.23. The van der Waals surface area contributed by atoms with Crippen LogP contribution < -0.4 is 10.1 Å². The molecule has 2 rings (SSSR count). The smallest absolute Gasteiger partial charge is 0.123 e. The topological polar surface area (TPSA) is 21.3 Å². The molecule has 0 aliphatic carbocycles. The summed E-state index contributed by atoms with van der Waals surface area (Å²) in [6, 6.07) is 14.8. The summed E-state index contributed by atoms with van der Waals surface area (Å²) in [4.78, 5) is 0. The Bertz CT molecular complexity index is 583. The number of halogens is 1. The summed E-state index contributed by atoms with van der Waals surface area (Å²) in [5.74, 6) is 0.677. The molecule has 0 spiro atoms. The molecule has 112 valence electrons. The number of hydrogen-bond donors (Lipinski definition) is 1. The molecule has 0 bridgehead atoms. The van der Waals surface area contributed by atoms with E-state index < -0.39 is 0 Å². The minimum Gasteiger partial charge on any atom is -0.491 e. The second-order valence-corrected chi connectivity index (χ2v) is 5.47. The van der Waals surface area contributed by atoms with Crippen molar-refractivity contribution in [1.29, 1.82) is 0 Å². The molecular weight excluding hydrogens is 265 g/mol. The van der Waals surface area contributed by atoms with E-state index in [4.69, 9.17) is 4.74 Å². The third kappa shape index (κ3) is 4.87. The van der Waals surface area contributed by atoms with Crippen LogP contribution in [0.25, 0.3) is 0 Å². The molecule has 2 aromatic carbocycles. The van der Waals surface area contributed by atoms with Crippen LogP contribution >= 0.6 is 0 Å². The molecule has 0 heterocycles. The summed E-state index contributed by atoms with van der Waals surface area (Å²) in [6.45, 7) is 6.77. The summed E-state index contributed by atoms with van der Waals surface area (Å²) in [5.41, 5.74) is 2.10. The van der Waals surface area contributed by atoms with Crippen molar-refractivity contribution in [3.8, 4) is 5.75 Å². The molecule has 0 radical (unpaired) electrons. The van der Waals surface area contributed by atoms with Crippen molar-refractivity contribution in [1.82, 2.24) is 5.32 Å². The Labute approximate surface area is 126 Å². The molecule has 0 aliphatic rings. The van der Waals surface area contributed by atoms with E-state index in [0.717, 1.165) is 16.9 Å². The van der Waals surface area contributed by atoms with Crippen molar-refractivity contribution in [3.05, 3.63) is 65.5 Å². The van der Waals surface area contributed by atoms with Gasteiger partial charge >= 0.3 is 0 Å². The molecule has 2 nitrogen and oxygen atoms in total. The van der Waals surface area contributed by atoms with Gasteiger partial charge in [0.25, 0.3) is 0 Å². The second-order valence-electron chi connectivity index (χ2n) is 5.47. The zero-order valence-corrected chi connectivity index (χ0v) is 12.8. The minimum absolute atomic E-state index is 0.0929. The Kier molecular flexibility index (Phi) is 5.34. The first-order valence-electron chi connectivity index (χ1n) is 7.29. The van der Waals surface area contributed by atoms with E-state index in [0.29, 0.717) is 6.54 Å². The van der Waals surface area contributed by atoms with Crippen LogP contribution in [-0.2, 0) is 6.54 Å². The zero-order chi connectivity index (χ0) is 15.2. The fraction of sp³-hybridized carbons (Fsp3) is 0.333. The summed E-state index contributed by atoms with van der Waals surface area (Å²) in [7, 11) is 0. The quantitative estimate of drug-likeness (QED) is 0.846. The fourth-order valence-electron chi connectivity index (χ4n) is 2.17. The Morgan fingerprint density at radius 2 is 1.81 bits per heavy atom. The van der Waals surface area contributed by atoms with E-state index in [9.17, 15) is 4.39 Å². The van der Waals surface area contributed by atoms with Crippen molar-refractivity contribution in [2.24, 2.45) is 0 Å². The summed E-state index contributed by atoms with van der Waals surface area (Å²) in [5, 5.41) is 3.40. The van der Waals surface area contributed by atoms with Gasteiger partial charge in [-0.1, -0.05) is 24.3 Å². The largest absolute Gasteiger partial charge is 0.491 e. The number of nitrogens with one attached hydrogen (secondary N) is 1. The highest BCUT2D eigenvalue weighted by molar-refractivity contribution is 5.29. The predicted octanol–water partition coefficient (Wildman–Crippen LogP) is 4.46. The maximum absolute atomic E-state index is 13.2.